The normalized spacial score (nSPS) is 22.8. The highest BCUT2D eigenvalue weighted by atomic mass is 32.2. The fourth-order valence-electron chi connectivity index (χ4n) is 4.50. The van der Waals surface area contributed by atoms with Crippen LogP contribution in [0.25, 0.3) is 5.57 Å². The number of allylic oxidation sites excluding steroid dienone is 1. The molecule has 1 atom stereocenters. The summed E-state index contributed by atoms with van der Waals surface area (Å²) in [6.45, 7) is 9.05. The summed E-state index contributed by atoms with van der Waals surface area (Å²) in [6.07, 6.45) is 4.29. The quantitative estimate of drug-likeness (QED) is 0.587. The summed E-state index contributed by atoms with van der Waals surface area (Å²) in [6, 6.07) is 7.01. The van der Waals surface area contributed by atoms with Gasteiger partial charge in [0, 0.05) is 25.9 Å². The van der Waals surface area contributed by atoms with Gasteiger partial charge in [-0.15, -0.1) is 0 Å². The van der Waals surface area contributed by atoms with Gasteiger partial charge in [-0.2, -0.15) is 4.31 Å². The van der Waals surface area contributed by atoms with Crippen LogP contribution in [0.3, 0.4) is 0 Å². The van der Waals surface area contributed by atoms with Gasteiger partial charge >= 0.3 is 0 Å². The van der Waals surface area contributed by atoms with Gasteiger partial charge in [-0.1, -0.05) is 30.7 Å². The molecule has 0 aliphatic carbocycles. The van der Waals surface area contributed by atoms with Crippen molar-refractivity contribution in [1.82, 2.24) is 14.1 Å². The number of hydrogen-bond donors (Lipinski definition) is 0. The number of benzene rings is 1. The van der Waals surface area contributed by atoms with Crippen LogP contribution >= 0.6 is 0 Å². The zero-order chi connectivity index (χ0) is 21.9. The van der Waals surface area contributed by atoms with Crippen LogP contribution < -0.4 is 0 Å². The van der Waals surface area contributed by atoms with E-state index in [9.17, 15) is 8.42 Å². The maximum absolute atomic E-state index is 13.8. The molecule has 0 N–H and O–H groups in total. The molecule has 2 aliphatic heterocycles. The molecule has 0 amide bonds. The zero-order valence-electron chi connectivity index (χ0n) is 18.9. The van der Waals surface area contributed by atoms with Gasteiger partial charge in [0.2, 0.25) is 10.0 Å². The lowest BCUT2D eigenvalue weighted by Crippen LogP contribution is -2.56. The third kappa shape index (κ3) is 4.97. The summed E-state index contributed by atoms with van der Waals surface area (Å²) in [5, 5.41) is 0. The number of nitrogens with zero attached hydrogens (tertiary/aromatic N) is 3. The Kier molecular flexibility index (Phi) is 7.40. The van der Waals surface area contributed by atoms with E-state index in [2.05, 4.69) is 37.5 Å². The maximum atomic E-state index is 13.8. The Balaban J connectivity index is 1.87. The van der Waals surface area contributed by atoms with Crippen molar-refractivity contribution in [1.29, 1.82) is 0 Å². The molecule has 1 aromatic carbocycles. The molecule has 30 heavy (non-hydrogen) atoms. The highest BCUT2D eigenvalue weighted by Crippen LogP contribution is 2.42. The largest absolute Gasteiger partial charge is 0.358 e. The summed E-state index contributed by atoms with van der Waals surface area (Å²) in [4.78, 5) is 4.75. The van der Waals surface area contributed by atoms with Crippen LogP contribution in [0.5, 0.6) is 0 Å². The lowest BCUT2D eigenvalue weighted by Gasteiger charge is -2.43. The average Bonchev–Trinajstić information content (AvgIpc) is 3.06. The molecule has 1 aromatic rings. The summed E-state index contributed by atoms with van der Waals surface area (Å²) in [7, 11) is 2.55. The van der Waals surface area contributed by atoms with Crippen molar-refractivity contribution < 1.29 is 13.2 Å². The van der Waals surface area contributed by atoms with Gasteiger partial charge in [0.25, 0.3) is 0 Å². The first-order valence-electron chi connectivity index (χ1n) is 10.9. The minimum atomic E-state index is -3.66. The molecule has 2 saturated heterocycles. The number of likely N-dealkylation sites (tertiary alicyclic amines) is 1. The Morgan fingerprint density at radius 2 is 1.83 bits per heavy atom. The molecule has 1 spiro atoms. The van der Waals surface area contributed by atoms with Crippen LogP contribution in [-0.2, 0) is 14.8 Å². The van der Waals surface area contributed by atoms with E-state index in [1.165, 1.54) is 0 Å². The molecule has 3 rings (SSSR count). The van der Waals surface area contributed by atoms with Crippen LogP contribution in [0, 0.1) is 0 Å². The smallest absolute Gasteiger partial charge is 0.245 e. The summed E-state index contributed by atoms with van der Waals surface area (Å²) in [5.74, 6) is 0. The average molecular weight is 436 g/mol. The predicted molar refractivity (Wildman–Crippen MR) is 122 cm³/mol. The van der Waals surface area contributed by atoms with Gasteiger partial charge in [-0.05, 0) is 65.1 Å². The molecule has 0 saturated carbocycles. The molecule has 0 aromatic heterocycles. The van der Waals surface area contributed by atoms with Crippen molar-refractivity contribution >= 4 is 15.6 Å². The third-order valence-electron chi connectivity index (χ3n) is 6.34. The fraction of sp³-hybridized carbons (Fsp3) is 0.652. The topological polar surface area (TPSA) is 53.1 Å². The summed E-state index contributed by atoms with van der Waals surface area (Å²) >= 11 is 0. The monoisotopic (exact) mass is 435 g/mol. The van der Waals surface area contributed by atoms with E-state index < -0.39 is 15.7 Å². The van der Waals surface area contributed by atoms with E-state index in [4.69, 9.17) is 4.74 Å². The summed E-state index contributed by atoms with van der Waals surface area (Å²) in [5.41, 5.74) is 1.17. The second-order valence-electron chi connectivity index (χ2n) is 9.12. The van der Waals surface area contributed by atoms with Crippen LogP contribution in [0.1, 0.15) is 44.6 Å². The van der Waals surface area contributed by atoms with Crippen molar-refractivity contribution in [3.63, 3.8) is 0 Å². The van der Waals surface area contributed by atoms with E-state index in [1.807, 2.05) is 19.1 Å². The molecular formula is C23H37N3O3S. The molecule has 6 nitrogen and oxygen atoms in total. The molecule has 2 fully saturated rings. The van der Waals surface area contributed by atoms with E-state index in [-0.39, 0.29) is 6.04 Å². The summed E-state index contributed by atoms with van der Waals surface area (Å²) < 4.78 is 35.7. The number of ether oxygens (including phenoxy) is 1. The van der Waals surface area contributed by atoms with E-state index >= 15 is 0 Å². The molecule has 168 valence electrons. The van der Waals surface area contributed by atoms with Crippen molar-refractivity contribution in [2.24, 2.45) is 0 Å². The number of hydrogen-bond acceptors (Lipinski definition) is 5. The van der Waals surface area contributed by atoms with E-state index in [0.29, 0.717) is 24.3 Å². The molecule has 7 heteroatoms. The van der Waals surface area contributed by atoms with Gasteiger partial charge in [0.15, 0.2) is 0 Å². The Labute approximate surface area is 182 Å². The van der Waals surface area contributed by atoms with E-state index in [1.54, 1.807) is 16.4 Å². The number of sulfonamides is 1. The van der Waals surface area contributed by atoms with Gasteiger partial charge in [-0.25, -0.2) is 8.42 Å². The van der Waals surface area contributed by atoms with Gasteiger partial charge in [-0.3, -0.25) is 0 Å². The standard InChI is InChI=1S/C23H37N3O3S/c1-19(2)20-9-11-22(12-10-20)30(27,28)26-21(8-6-7-15-24(3)4)18-29-23(26)13-16-25(5)17-14-23/h9-12,21H,1,6-8,13-18H2,2-5H3. The molecule has 0 bridgehead atoms. The van der Waals surface area contributed by atoms with Crippen LogP contribution in [0.4, 0.5) is 0 Å². The number of rotatable bonds is 8. The predicted octanol–water partition coefficient (Wildman–Crippen LogP) is 3.26. The van der Waals surface area contributed by atoms with Gasteiger partial charge in [0.05, 0.1) is 17.5 Å². The molecule has 1 unspecified atom stereocenters. The van der Waals surface area contributed by atoms with Crippen molar-refractivity contribution in [3.8, 4) is 0 Å². The minimum absolute atomic E-state index is 0.110. The van der Waals surface area contributed by atoms with E-state index in [0.717, 1.165) is 50.0 Å². The zero-order valence-corrected chi connectivity index (χ0v) is 19.7. The fourth-order valence-corrected chi connectivity index (χ4v) is 6.44. The Morgan fingerprint density at radius 3 is 2.40 bits per heavy atom. The second-order valence-corrected chi connectivity index (χ2v) is 10.9. The van der Waals surface area contributed by atoms with Crippen molar-refractivity contribution in [3.05, 3.63) is 36.4 Å². The molecular weight excluding hydrogens is 398 g/mol. The highest BCUT2D eigenvalue weighted by molar-refractivity contribution is 7.89. The third-order valence-corrected chi connectivity index (χ3v) is 8.36. The lowest BCUT2D eigenvalue weighted by atomic mass is 10.00. The molecule has 2 heterocycles. The second kappa shape index (κ2) is 9.49. The van der Waals surface area contributed by atoms with Gasteiger partial charge in [0.1, 0.15) is 5.72 Å². The lowest BCUT2D eigenvalue weighted by molar-refractivity contribution is -0.0884. The van der Waals surface area contributed by atoms with Crippen LogP contribution in [-0.4, -0.2) is 81.7 Å². The number of piperidine rings is 1. The first-order valence-corrected chi connectivity index (χ1v) is 12.4. The number of unbranched alkanes of at least 4 members (excludes halogenated alkanes) is 1. The van der Waals surface area contributed by atoms with Crippen molar-refractivity contribution in [2.45, 2.75) is 55.7 Å². The minimum Gasteiger partial charge on any atom is -0.358 e. The SMILES string of the molecule is C=C(C)c1ccc(S(=O)(=O)N2C(CCCCN(C)C)COC23CCN(C)CC3)cc1. The van der Waals surface area contributed by atoms with Crippen LogP contribution in [0.15, 0.2) is 35.7 Å². The Bertz CT molecular complexity index is 828. The Hall–Kier alpha value is -1.25. The van der Waals surface area contributed by atoms with Gasteiger partial charge < -0.3 is 14.5 Å². The highest BCUT2D eigenvalue weighted by Gasteiger charge is 2.54. The first-order chi connectivity index (χ1) is 14.2. The maximum Gasteiger partial charge on any atom is 0.245 e. The van der Waals surface area contributed by atoms with Crippen molar-refractivity contribution in [2.75, 3.05) is 47.4 Å². The Morgan fingerprint density at radius 1 is 1.20 bits per heavy atom. The first kappa shape index (κ1) is 23.4. The van der Waals surface area contributed by atoms with Crippen LogP contribution in [0.2, 0.25) is 0 Å². The molecule has 2 aliphatic rings. The molecule has 0 radical (unpaired) electrons.